The second-order valence-corrected chi connectivity index (χ2v) is 8.77. The first-order valence-corrected chi connectivity index (χ1v) is 11.1. The zero-order valence-electron chi connectivity index (χ0n) is 17.2. The molecule has 0 atom stereocenters. The molecule has 4 nitrogen and oxygen atoms in total. The molecule has 2 amide bonds. The summed E-state index contributed by atoms with van der Waals surface area (Å²) in [6, 6.07) is 24.4. The average molecular weight is 449 g/mol. The topological polar surface area (TPSA) is 40.6 Å². The Hall–Kier alpha value is -3.02. The van der Waals surface area contributed by atoms with Crippen LogP contribution in [0.15, 0.2) is 83.8 Å². The monoisotopic (exact) mass is 448 g/mol. The molecule has 0 bridgehead atoms. The summed E-state index contributed by atoms with van der Waals surface area (Å²) in [5, 5.41) is 0.579. The van der Waals surface area contributed by atoms with Crippen molar-refractivity contribution in [3.05, 3.63) is 99.9 Å². The van der Waals surface area contributed by atoms with E-state index < -0.39 is 0 Å². The first kappa shape index (κ1) is 21.2. The van der Waals surface area contributed by atoms with Crippen molar-refractivity contribution in [2.45, 2.75) is 5.75 Å². The number of imide groups is 1. The minimum atomic E-state index is -0.321. The highest BCUT2D eigenvalue weighted by molar-refractivity contribution is 8.03. The van der Waals surface area contributed by atoms with Crippen LogP contribution in [0, 0.1) is 0 Å². The smallest absolute Gasteiger partial charge is 0.272 e. The van der Waals surface area contributed by atoms with E-state index in [0.29, 0.717) is 32.5 Å². The summed E-state index contributed by atoms with van der Waals surface area (Å²) in [6.45, 7) is 0. The van der Waals surface area contributed by atoms with Crippen LogP contribution in [-0.2, 0) is 15.3 Å². The summed E-state index contributed by atoms with van der Waals surface area (Å²) >= 11 is 7.43. The molecule has 1 heterocycles. The molecule has 0 fully saturated rings. The normalized spacial score (nSPS) is 13.8. The van der Waals surface area contributed by atoms with Crippen molar-refractivity contribution < 1.29 is 9.59 Å². The average Bonchev–Trinajstić information content (AvgIpc) is 3.03. The number of hydrogen-bond donors (Lipinski definition) is 0. The van der Waals surface area contributed by atoms with Crippen molar-refractivity contribution in [3.8, 4) is 0 Å². The number of carbonyl (C=O) groups excluding carboxylic acids is 2. The Balaban J connectivity index is 1.74. The van der Waals surface area contributed by atoms with E-state index in [1.807, 2.05) is 67.5 Å². The standard InChI is InChI=1S/C25H21ClN2O2S/c1-27(2)20-9-6-10-21(15-20)28-24(29)22(18-11-13-19(26)14-12-18)23(25(28)30)31-16-17-7-4-3-5-8-17/h3-15H,16H2,1-2H3. The molecule has 0 N–H and O–H groups in total. The highest BCUT2D eigenvalue weighted by atomic mass is 35.5. The van der Waals surface area contributed by atoms with Crippen LogP contribution >= 0.6 is 23.4 Å². The van der Waals surface area contributed by atoms with Crippen molar-refractivity contribution in [3.63, 3.8) is 0 Å². The second kappa shape index (κ2) is 9.00. The van der Waals surface area contributed by atoms with Gasteiger partial charge in [-0.1, -0.05) is 60.1 Å². The number of amides is 2. The van der Waals surface area contributed by atoms with Gasteiger partial charge in [0.1, 0.15) is 0 Å². The van der Waals surface area contributed by atoms with Gasteiger partial charge in [-0.25, -0.2) is 4.90 Å². The summed E-state index contributed by atoms with van der Waals surface area (Å²) in [4.78, 5) is 30.6. The Morgan fingerprint density at radius 1 is 0.871 bits per heavy atom. The van der Waals surface area contributed by atoms with Crippen molar-refractivity contribution in [2.75, 3.05) is 23.9 Å². The molecule has 0 aliphatic carbocycles. The predicted molar refractivity (Wildman–Crippen MR) is 129 cm³/mol. The lowest BCUT2D eigenvalue weighted by molar-refractivity contribution is -0.119. The minimum Gasteiger partial charge on any atom is -0.378 e. The van der Waals surface area contributed by atoms with Gasteiger partial charge in [-0.15, -0.1) is 11.8 Å². The quantitative estimate of drug-likeness (QED) is 0.458. The Kier molecular flexibility index (Phi) is 6.16. The van der Waals surface area contributed by atoms with Gasteiger partial charge in [0.05, 0.1) is 16.2 Å². The Morgan fingerprint density at radius 3 is 2.26 bits per heavy atom. The number of nitrogens with zero attached hydrogens (tertiary/aromatic N) is 2. The van der Waals surface area contributed by atoms with Crippen molar-refractivity contribution in [2.24, 2.45) is 0 Å². The van der Waals surface area contributed by atoms with Gasteiger partial charge in [0.25, 0.3) is 11.8 Å². The van der Waals surface area contributed by atoms with Crippen LogP contribution in [0.4, 0.5) is 11.4 Å². The van der Waals surface area contributed by atoms with E-state index in [9.17, 15) is 9.59 Å². The summed E-state index contributed by atoms with van der Waals surface area (Å²) in [6.07, 6.45) is 0. The Bertz CT molecular complexity index is 1160. The number of hydrogen-bond acceptors (Lipinski definition) is 4. The van der Waals surface area contributed by atoms with Gasteiger partial charge in [-0.3, -0.25) is 9.59 Å². The minimum absolute atomic E-state index is 0.299. The molecule has 0 saturated heterocycles. The maximum Gasteiger partial charge on any atom is 0.272 e. The third-order valence-electron chi connectivity index (χ3n) is 5.00. The van der Waals surface area contributed by atoms with Crippen molar-refractivity contribution >= 4 is 52.1 Å². The highest BCUT2D eigenvalue weighted by Gasteiger charge is 2.40. The molecular formula is C25H21ClN2O2S. The van der Waals surface area contributed by atoms with E-state index in [0.717, 1.165) is 11.3 Å². The van der Waals surface area contributed by atoms with Crippen LogP contribution in [0.1, 0.15) is 11.1 Å². The van der Waals surface area contributed by atoms with E-state index in [2.05, 4.69) is 0 Å². The number of thioether (sulfide) groups is 1. The second-order valence-electron chi connectivity index (χ2n) is 7.35. The number of halogens is 1. The van der Waals surface area contributed by atoms with E-state index in [4.69, 9.17) is 11.6 Å². The third-order valence-corrected chi connectivity index (χ3v) is 6.40. The van der Waals surface area contributed by atoms with Gasteiger partial charge >= 0.3 is 0 Å². The molecule has 31 heavy (non-hydrogen) atoms. The summed E-state index contributed by atoms with van der Waals surface area (Å²) < 4.78 is 0. The lowest BCUT2D eigenvalue weighted by Gasteiger charge is -2.19. The van der Waals surface area contributed by atoms with E-state index in [1.165, 1.54) is 16.7 Å². The first-order valence-electron chi connectivity index (χ1n) is 9.79. The van der Waals surface area contributed by atoms with Crippen LogP contribution in [0.3, 0.4) is 0 Å². The van der Waals surface area contributed by atoms with Crippen LogP contribution in [0.25, 0.3) is 5.57 Å². The molecule has 0 spiro atoms. The molecule has 3 aromatic rings. The van der Waals surface area contributed by atoms with Crippen LogP contribution in [-0.4, -0.2) is 25.9 Å². The molecule has 0 radical (unpaired) electrons. The maximum absolute atomic E-state index is 13.5. The Labute approximate surface area is 191 Å². The third kappa shape index (κ3) is 4.38. The van der Waals surface area contributed by atoms with E-state index >= 15 is 0 Å². The maximum atomic E-state index is 13.5. The SMILES string of the molecule is CN(C)c1cccc(N2C(=O)C(SCc3ccccc3)=C(c3ccc(Cl)cc3)C2=O)c1. The lowest BCUT2D eigenvalue weighted by atomic mass is 10.1. The fourth-order valence-electron chi connectivity index (χ4n) is 3.39. The number of carbonyl (C=O) groups is 2. The molecule has 0 aromatic heterocycles. The lowest BCUT2D eigenvalue weighted by Crippen LogP contribution is -2.31. The molecule has 0 unspecified atom stereocenters. The van der Waals surface area contributed by atoms with Gasteiger partial charge in [0.2, 0.25) is 0 Å². The predicted octanol–water partition coefficient (Wildman–Crippen LogP) is 5.62. The highest BCUT2D eigenvalue weighted by Crippen LogP contribution is 2.40. The van der Waals surface area contributed by atoms with E-state index in [1.54, 1.807) is 30.3 Å². The zero-order chi connectivity index (χ0) is 22.0. The Morgan fingerprint density at radius 2 is 1.58 bits per heavy atom. The molecule has 1 aliphatic heterocycles. The summed E-state index contributed by atoms with van der Waals surface area (Å²) in [7, 11) is 3.84. The molecule has 1 aliphatic rings. The van der Waals surface area contributed by atoms with Gasteiger partial charge in [0, 0.05) is 30.6 Å². The van der Waals surface area contributed by atoms with Crippen LogP contribution in [0.2, 0.25) is 5.02 Å². The van der Waals surface area contributed by atoms with Crippen LogP contribution < -0.4 is 9.80 Å². The molecule has 0 saturated carbocycles. The van der Waals surface area contributed by atoms with Crippen molar-refractivity contribution in [1.29, 1.82) is 0 Å². The number of rotatable bonds is 6. The fourth-order valence-corrected chi connectivity index (χ4v) is 4.58. The molecule has 156 valence electrons. The molecular weight excluding hydrogens is 428 g/mol. The molecule has 4 rings (SSSR count). The first-order chi connectivity index (χ1) is 15.0. The summed E-state index contributed by atoms with van der Waals surface area (Å²) in [5.41, 5.74) is 3.66. The van der Waals surface area contributed by atoms with Crippen molar-refractivity contribution in [1.82, 2.24) is 0 Å². The zero-order valence-corrected chi connectivity index (χ0v) is 18.8. The van der Waals surface area contributed by atoms with Gasteiger partial charge in [-0.05, 0) is 41.5 Å². The number of anilines is 2. The van der Waals surface area contributed by atoms with Gasteiger partial charge in [0.15, 0.2) is 0 Å². The largest absolute Gasteiger partial charge is 0.378 e. The van der Waals surface area contributed by atoms with Gasteiger partial charge < -0.3 is 4.90 Å². The fraction of sp³-hybridized carbons (Fsp3) is 0.120. The van der Waals surface area contributed by atoms with Crippen LogP contribution in [0.5, 0.6) is 0 Å². The van der Waals surface area contributed by atoms with E-state index in [-0.39, 0.29) is 11.8 Å². The molecule has 6 heteroatoms. The van der Waals surface area contributed by atoms with Gasteiger partial charge in [-0.2, -0.15) is 0 Å². The molecule has 3 aromatic carbocycles. The summed E-state index contributed by atoms with van der Waals surface area (Å²) in [5.74, 6) is -0.0247. The number of benzene rings is 3.